The zero-order chi connectivity index (χ0) is 17.6. The molecule has 0 saturated heterocycles. The van der Waals surface area contributed by atoms with Crippen molar-refractivity contribution in [3.8, 4) is 0 Å². The summed E-state index contributed by atoms with van der Waals surface area (Å²) in [6.45, 7) is 1.86. The Kier molecular flexibility index (Phi) is 5.09. The van der Waals surface area contributed by atoms with Crippen LogP contribution in [0.1, 0.15) is 28.9 Å². The van der Waals surface area contributed by atoms with Crippen LogP contribution >= 0.6 is 0 Å². The SMILES string of the molecule is CC(NC(=O)CNC(=O)c1ccc2ccccc2c1)c1ccccc1. The average molecular weight is 332 g/mol. The molecule has 126 valence electrons. The highest BCUT2D eigenvalue weighted by molar-refractivity contribution is 6.00. The van der Waals surface area contributed by atoms with Gasteiger partial charge >= 0.3 is 0 Å². The fourth-order valence-corrected chi connectivity index (χ4v) is 2.71. The van der Waals surface area contributed by atoms with Crippen LogP contribution < -0.4 is 10.6 Å². The van der Waals surface area contributed by atoms with Crippen LogP contribution in [-0.2, 0) is 4.79 Å². The lowest BCUT2D eigenvalue weighted by Gasteiger charge is -2.14. The number of carbonyl (C=O) groups excluding carboxylic acids is 2. The van der Waals surface area contributed by atoms with Crippen molar-refractivity contribution < 1.29 is 9.59 Å². The van der Waals surface area contributed by atoms with Crippen LogP contribution in [0.4, 0.5) is 0 Å². The monoisotopic (exact) mass is 332 g/mol. The van der Waals surface area contributed by atoms with Crippen molar-refractivity contribution in [2.24, 2.45) is 0 Å². The Morgan fingerprint density at radius 3 is 2.32 bits per heavy atom. The van der Waals surface area contributed by atoms with Crippen LogP contribution in [0.15, 0.2) is 72.8 Å². The van der Waals surface area contributed by atoms with Gasteiger partial charge in [-0.1, -0.05) is 60.7 Å². The summed E-state index contributed by atoms with van der Waals surface area (Å²) in [5, 5.41) is 7.62. The number of hydrogen-bond donors (Lipinski definition) is 2. The molecule has 0 bridgehead atoms. The minimum atomic E-state index is -0.256. The predicted octanol–water partition coefficient (Wildman–Crippen LogP) is 3.45. The molecule has 0 heterocycles. The maximum Gasteiger partial charge on any atom is 0.251 e. The van der Waals surface area contributed by atoms with Gasteiger partial charge in [0.05, 0.1) is 12.6 Å². The second kappa shape index (κ2) is 7.62. The molecule has 3 rings (SSSR count). The summed E-state index contributed by atoms with van der Waals surface area (Å²) in [6, 6.07) is 22.9. The molecule has 0 radical (unpaired) electrons. The van der Waals surface area contributed by atoms with Gasteiger partial charge in [0.25, 0.3) is 5.91 Å². The van der Waals surface area contributed by atoms with Gasteiger partial charge in [0.15, 0.2) is 0 Å². The van der Waals surface area contributed by atoms with Crippen molar-refractivity contribution in [1.82, 2.24) is 10.6 Å². The predicted molar refractivity (Wildman–Crippen MR) is 99.3 cm³/mol. The Labute approximate surface area is 146 Å². The summed E-state index contributed by atoms with van der Waals surface area (Å²) < 4.78 is 0. The lowest BCUT2D eigenvalue weighted by Crippen LogP contribution is -2.38. The molecule has 0 aliphatic heterocycles. The molecule has 4 heteroatoms. The summed E-state index contributed by atoms with van der Waals surface area (Å²) in [4.78, 5) is 24.3. The first-order chi connectivity index (χ1) is 12.1. The molecule has 0 aliphatic rings. The molecule has 3 aromatic carbocycles. The van der Waals surface area contributed by atoms with Crippen LogP contribution in [0.5, 0.6) is 0 Å². The van der Waals surface area contributed by atoms with Crippen LogP contribution in [0, 0.1) is 0 Å². The standard InChI is InChI=1S/C21H20N2O2/c1-15(16-7-3-2-4-8-16)23-20(24)14-22-21(25)19-12-11-17-9-5-6-10-18(17)13-19/h2-13,15H,14H2,1H3,(H,22,25)(H,23,24). The molecule has 0 fully saturated rings. The minimum absolute atomic E-state index is 0.0527. The molecule has 0 aliphatic carbocycles. The quantitative estimate of drug-likeness (QED) is 0.752. The fourth-order valence-electron chi connectivity index (χ4n) is 2.71. The summed E-state index contributed by atoms with van der Waals surface area (Å²) in [6.07, 6.45) is 0. The van der Waals surface area contributed by atoms with Crippen molar-refractivity contribution in [2.75, 3.05) is 6.54 Å². The molecule has 1 unspecified atom stereocenters. The Hall–Kier alpha value is -3.14. The van der Waals surface area contributed by atoms with Gasteiger partial charge in [0, 0.05) is 5.56 Å². The second-order valence-corrected chi connectivity index (χ2v) is 5.94. The molecule has 3 aromatic rings. The van der Waals surface area contributed by atoms with Gasteiger partial charge in [-0.3, -0.25) is 9.59 Å². The summed E-state index contributed by atoms with van der Waals surface area (Å²) in [7, 11) is 0. The topological polar surface area (TPSA) is 58.2 Å². The summed E-state index contributed by atoms with van der Waals surface area (Å²) in [5.41, 5.74) is 1.57. The first-order valence-corrected chi connectivity index (χ1v) is 8.25. The molecular weight excluding hydrogens is 312 g/mol. The minimum Gasteiger partial charge on any atom is -0.348 e. The van der Waals surface area contributed by atoms with E-state index in [9.17, 15) is 9.59 Å². The van der Waals surface area contributed by atoms with E-state index in [1.165, 1.54) is 0 Å². The molecule has 1 atom stereocenters. The highest BCUT2D eigenvalue weighted by Crippen LogP contribution is 2.15. The second-order valence-electron chi connectivity index (χ2n) is 5.94. The highest BCUT2D eigenvalue weighted by atomic mass is 16.2. The lowest BCUT2D eigenvalue weighted by atomic mass is 10.1. The Bertz CT molecular complexity index is 891. The van der Waals surface area contributed by atoms with Crippen LogP contribution in [0.2, 0.25) is 0 Å². The molecule has 25 heavy (non-hydrogen) atoms. The zero-order valence-electron chi connectivity index (χ0n) is 14.0. The van der Waals surface area contributed by atoms with E-state index in [0.717, 1.165) is 16.3 Å². The van der Waals surface area contributed by atoms with Crippen molar-refractivity contribution in [2.45, 2.75) is 13.0 Å². The average Bonchev–Trinajstić information content (AvgIpc) is 2.66. The molecule has 0 spiro atoms. The number of amides is 2. The number of hydrogen-bond acceptors (Lipinski definition) is 2. The van der Waals surface area contributed by atoms with E-state index in [0.29, 0.717) is 5.56 Å². The number of fused-ring (bicyclic) bond motifs is 1. The van der Waals surface area contributed by atoms with Gasteiger partial charge in [0.2, 0.25) is 5.91 Å². The van der Waals surface area contributed by atoms with Gasteiger partial charge in [-0.05, 0) is 35.4 Å². The number of carbonyl (C=O) groups is 2. The van der Waals surface area contributed by atoms with Crippen LogP contribution in [0.3, 0.4) is 0 Å². The zero-order valence-corrected chi connectivity index (χ0v) is 14.0. The Balaban J connectivity index is 1.56. The van der Waals surface area contributed by atoms with E-state index in [-0.39, 0.29) is 24.4 Å². The lowest BCUT2D eigenvalue weighted by molar-refractivity contribution is -0.120. The van der Waals surface area contributed by atoms with Crippen molar-refractivity contribution in [3.05, 3.63) is 83.9 Å². The van der Waals surface area contributed by atoms with Crippen LogP contribution in [-0.4, -0.2) is 18.4 Å². The smallest absolute Gasteiger partial charge is 0.251 e. The molecule has 0 aromatic heterocycles. The van der Waals surface area contributed by atoms with Crippen molar-refractivity contribution in [1.29, 1.82) is 0 Å². The normalized spacial score (nSPS) is 11.7. The molecule has 2 amide bonds. The molecule has 4 nitrogen and oxygen atoms in total. The van der Waals surface area contributed by atoms with E-state index in [1.54, 1.807) is 6.07 Å². The van der Waals surface area contributed by atoms with Gasteiger partial charge in [-0.15, -0.1) is 0 Å². The van der Waals surface area contributed by atoms with Gasteiger partial charge in [0.1, 0.15) is 0 Å². The Morgan fingerprint density at radius 2 is 1.56 bits per heavy atom. The molecule has 2 N–H and O–H groups in total. The van der Waals surface area contributed by atoms with Crippen molar-refractivity contribution >= 4 is 22.6 Å². The summed E-state index contributed by atoms with van der Waals surface area (Å²) >= 11 is 0. The number of benzene rings is 3. The molecular formula is C21H20N2O2. The van der Waals surface area contributed by atoms with Gasteiger partial charge in [-0.2, -0.15) is 0 Å². The highest BCUT2D eigenvalue weighted by Gasteiger charge is 2.11. The number of nitrogens with one attached hydrogen (secondary N) is 2. The van der Waals surface area contributed by atoms with Gasteiger partial charge < -0.3 is 10.6 Å². The maximum absolute atomic E-state index is 12.3. The van der Waals surface area contributed by atoms with Gasteiger partial charge in [-0.25, -0.2) is 0 Å². The first kappa shape index (κ1) is 16.7. The van der Waals surface area contributed by atoms with E-state index >= 15 is 0 Å². The van der Waals surface area contributed by atoms with E-state index in [2.05, 4.69) is 10.6 Å². The third-order valence-corrected chi connectivity index (χ3v) is 4.10. The van der Waals surface area contributed by atoms with Crippen LogP contribution in [0.25, 0.3) is 10.8 Å². The van der Waals surface area contributed by atoms with Crippen molar-refractivity contribution in [3.63, 3.8) is 0 Å². The van der Waals surface area contributed by atoms with E-state index in [4.69, 9.17) is 0 Å². The maximum atomic E-state index is 12.3. The summed E-state index contributed by atoms with van der Waals surface area (Å²) in [5.74, 6) is -0.473. The Morgan fingerprint density at radius 1 is 0.880 bits per heavy atom. The number of rotatable bonds is 5. The van der Waals surface area contributed by atoms with E-state index in [1.807, 2.05) is 73.7 Å². The largest absolute Gasteiger partial charge is 0.348 e. The third-order valence-electron chi connectivity index (χ3n) is 4.10. The van der Waals surface area contributed by atoms with E-state index < -0.39 is 0 Å². The fraction of sp³-hybridized carbons (Fsp3) is 0.143. The first-order valence-electron chi connectivity index (χ1n) is 8.25. The third kappa shape index (κ3) is 4.23. The molecule has 0 saturated carbocycles.